The fourth-order valence-electron chi connectivity index (χ4n) is 5.17. The van der Waals surface area contributed by atoms with Gasteiger partial charge in [0.15, 0.2) is 0 Å². The zero-order valence-electron chi connectivity index (χ0n) is 24.6. The zero-order chi connectivity index (χ0) is 28.9. The smallest absolute Gasteiger partial charge is 0.696 e. The molecule has 0 spiro atoms. The number of hydrogen-bond donors (Lipinski definition) is 0. The summed E-state index contributed by atoms with van der Waals surface area (Å²) in [6.45, 7) is 12.0. The molecule has 3 saturated heterocycles. The van der Waals surface area contributed by atoms with E-state index in [9.17, 15) is 0 Å². The van der Waals surface area contributed by atoms with E-state index in [0.717, 1.165) is 33.2 Å². The van der Waals surface area contributed by atoms with Gasteiger partial charge in [0, 0.05) is 115 Å². The van der Waals surface area contributed by atoms with Crippen molar-refractivity contribution in [2.45, 2.75) is 13.8 Å². The molecular formula is C30H42CuN6PS4. The first-order valence-electron chi connectivity index (χ1n) is 14.3. The number of rotatable bonds is 6. The van der Waals surface area contributed by atoms with Crippen LogP contribution in [0.5, 0.6) is 0 Å². The Morgan fingerprint density at radius 3 is 1.26 bits per heavy atom. The van der Waals surface area contributed by atoms with Gasteiger partial charge in [0.1, 0.15) is 0 Å². The molecule has 0 radical (unpaired) electrons. The van der Waals surface area contributed by atoms with Gasteiger partial charge >= 0.3 is 17.1 Å². The minimum atomic E-state index is 0. The van der Waals surface area contributed by atoms with E-state index in [0.29, 0.717) is 0 Å². The molecule has 3 fully saturated rings. The van der Waals surface area contributed by atoms with Gasteiger partial charge in [0.2, 0.25) is 0 Å². The number of pyridine rings is 2. The SMILES string of the molecule is C1CN(CP(CN2CCSCC2)CN2CCSCC2)CCS1.Cc1ccc2ccc3ccc(C)nc3c2n1.N#C[S-].[Cu+]. The summed E-state index contributed by atoms with van der Waals surface area (Å²) < 4.78 is 0. The maximum Gasteiger partial charge on any atom is 1.00 e. The van der Waals surface area contributed by atoms with Crippen molar-refractivity contribution in [1.82, 2.24) is 24.7 Å². The number of benzene rings is 1. The van der Waals surface area contributed by atoms with E-state index in [1.165, 1.54) is 98.0 Å². The van der Waals surface area contributed by atoms with Gasteiger partial charge in [-0.3, -0.25) is 24.7 Å². The molecule has 3 aromatic rings. The fourth-order valence-corrected chi connectivity index (χ4v) is 10.9. The van der Waals surface area contributed by atoms with Crippen molar-refractivity contribution in [2.24, 2.45) is 0 Å². The minimum Gasteiger partial charge on any atom is -0.696 e. The summed E-state index contributed by atoms with van der Waals surface area (Å²) in [5, 5.41) is 10.8. The Morgan fingerprint density at radius 1 is 0.667 bits per heavy atom. The standard InChI is InChI=1S/C15H30N3PS3.C14H12N2.CHNS.Cu/c1-7-20-8-2-16(1)13-19(14-17-3-9-21-10-4-17)15-18-5-11-22-12-6-18;1-9-3-5-11-7-8-12-6-4-10(2)16-14(12)13(11)15-9;2-1-3;/h1-15H2;3-8H,1-2H3;3H;/q;;;+1/p-1. The molecule has 6 rings (SSSR count). The third-order valence-electron chi connectivity index (χ3n) is 7.31. The third kappa shape index (κ3) is 11.9. The number of aryl methyl sites for hydroxylation is 2. The van der Waals surface area contributed by atoms with Crippen LogP contribution in [0.25, 0.3) is 21.8 Å². The van der Waals surface area contributed by atoms with Gasteiger partial charge < -0.3 is 12.6 Å². The van der Waals surface area contributed by atoms with E-state index < -0.39 is 0 Å². The van der Waals surface area contributed by atoms with E-state index in [-0.39, 0.29) is 25.0 Å². The van der Waals surface area contributed by atoms with Gasteiger partial charge in [-0.05, 0) is 26.0 Å². The first-order chi connectivity index (χ1) is 20.1. The molecule has 0 amide bonds. The number of thiocyanates is 1. The van der Waals surface area contributed by atoms with Crippen molar-refractivity contribution >= 4 is 77.6 Å². The van der Waals surface area contributed by atoms with Gasteiger partial charge in [-0.1, -0.05) is 37.6 Å². The van der Waals surface area contributed by atoms with E-state index in [1.807, 2.05) is 26.0 Å². The van der Waals surface area contributed by atoms with Crippen molar-refractivity contribution < 1.29 is 17.1 Å². The Kier molecular flexibility index (Phi) is 17.1. The van der Waals surface area contributed by atoms with Crippen LogP contribution in [0.4, 0.5) is 0 Å². The molecule has 6 nitrogen and oxygen atoms in total. The number of thioether (sulfide) groups is 3. The second-order valence-electron chi connectivity index (χ2n) is 10.5. The average molecular weight is 709 g/mol. The van der Waals surface area contributed by atoms with Crippen molar-refractivity contribution in [3.05, 3.63) is 47.8 Å². The number of nitrogens with zero attached hydrogens (tertiary/aromatic N) is 6. The first kappa shape index (κ1) is 36.1. The van der Waals surface area contributed by atoms with E-state index in [1.54, 1.807) is 0 Å². The van der Waals surface area contributed by atoms with Crippen LogP contribution in [0.2, 0.25) is 0 Å². The van der Waals surface area contributed by atoms with Crippen LogP contribution in [0.3, 0.4) is 0 Å². The predicted octanol–water partition coefficient (Wildman–Crippen LogP) is 5.90. The van der Waals surface area contributed by atoms with E-state index in [4.69, 9.17) is 5.26 Å². The molecule has 0 saturated carbocycles. The van der Waals surface area contributed by atoms with Crippen LogP contribution in [0, 0.1) is 24.5 Å². The third-order valence-corrected chi connectivity index (χ3v) is 12.5. The molecule has 232 valence electrons. The molecule has 0 N–H and O–H groups in total. The normalized spacial score (nSPS) is 18.3. The van der Waals surface area contributed by atoms with E-state index >= 15 is 0 Å². The maximum absolute atomic E-state index is 7.13. The number of hydrogen-bond acceptors (Lipinski definition) is 10. The van der Waals surface area contributed by atoms with Crippen molar-refractivity contribution in [2.75, 3.05) is 92.6 Å². The molecule has 3 aliphatic heterocycles. The topological polar surface area (TPSA) is 59.3 Å². The zero-order valence-corrected chi connectivity index (χ0v) is 29.7. The summed E-state index contributed by atoms with van der Waals surface area (Å²) in [4.78, 5) is 17.5. The van der Waals surface area contributed by atoms with Gasteiger partial charge in [-0.15, -0.1) is 0 Å². The van der Waals surface area contributed by atoms with Crippen molar-refractivity contribution in [3.63, 3.8) is 0 Å². The largest absolute Gasteiger partial charge is 1.00 e. The molecule has 2 aromatic heterocycles. The van der Waals surface area contributed by atoms with Crippen LogP contribution in [0.1, 0.15) is 11.4 Å². The molecule has 5 heterocycles. The van der Waals surface area contributed by atoms with Gasteiger partial charge in [0.05, 0.1) is 11.0 Å². The second-order valence-corrected chi connectivity index (χ2v) is 16.5. The van der Waals surface area contributed by atoms with Gasteiger partial charge in [-0.2, -0.15) is 35.3 Å². The summed E-state index contributed by atoms with van der Waals surface area (Å²) in [6, 6.07) is 12.5. The van der Waals surface area contributed by atoms with Crippen LogP contribution < -0.4 is 0 Å². The van der Waals surface area contributed by atoms with Crippen LogP contribution >= 0.6 is 43.2 Å². The molecule has 3 aliphatic rings. The monoisotopic (exact) mass is 708 g/mol. The summed E-state index contributed by atoms with van der Waals surface area (Å²) >= 11 is 10.1. The molecule has 0 bridgehead atoms. The fraction of sp³-hybridized carbons (Fsp3) is 0.567. The maximum atomic E-state index is 7.13. The molecule has 1 aromatic carbocycles. The quantitative estimate of drug-likeness (QED) is 0.102. The summed E-state index contributed by atoms with van der Waals surface area (Å²) in [5.41, 5.74) is 4.06. The predicted molar refractivity (Wildman–Crippen MR) is 188 cm³/mol. The minimum absolute atomic E-state index is 0. The van der Waals surface area contributed by atoms with Crippen molar-refractivity contribution in [1.29, 1.82) is 5.26 Å². The number of nitriles is 1. The molecule has 42 heavy (non-hydrogen) atoms. The summed E-state index contributed by atoms with van der Waals surface area (Å²) in [5.74, 6) is 8.11. The second kappa shape index (κ2) is 19.9. The van der Waals surface area contributed by atoms with Crippen molar-refractivity contribution in [3.8, 4) is 5.40 Å². The number of aromatic nitrogens is 2. The molecule has 0 atom stereocenters. The first-order valence-corrected chi connectivity index (χ1v) is 20.1. The molecule has 0 unspecified atom stereocenters. The number of fused-ring (bicyclic) bond motifs is 3. The van der Waals surface area contributed by atoms with Crippen LogP contribution in [0.15, 0.2) is 36.4 Å². The van der Waals surface area contributed by atoms with Gasteiger partial charge in [-0.25, -0.2) is 5.26 Å². The molecule has 12 heteroatoms. The summed E-state index contributed by atoms with van der Waals surface area (Å²) in [6.07, 6.45) is 4.18. The Hall–Kier alpha value is -0.371. The van der Waals surface area contributed by atoms with Crippen LogP contribution in [-0.4, -0.2) is 117 Å². The average Bonchev–Trinajstić information content (AvgIpc) is 2.99. The van der Waals surface area contributed by atoms with Crippen LogP contribution in [-0.2, 0) is 29.7 Å². The Bertz CT molecular complexity index is 1160. The molecule has 0 aliphatic carbocycles. The Labute approximate surface area is 282 Å². The Balaban J connectivity index is 0.000000214. The molecular weight excluding hydrogens is 667 g/mol. The Morgan fingerprint density at radius 2 is 0.952 bits per heavy atom. The van der Waals surface area contributed by atoms with Gasteiger partial charge in [0.25, 0.3) is 0 Å². The summed E-state index contributed by atoms with van der Waals surface area (Å²) in [7, 11) is 0.121. The van der Waals surface area contributed by atoms with E-state index in [2.05, 4.69) is 96.8 Å².